The number of carbonyl (C=O) groups is 1. The first-order valence-corrected chi connectivity index (χ1v) is 11.1. The summed E-state index contributed by atoms with van der Waals surface area (Å²) in [4.78, 5) is 13.1. The minimum atomic E-state index is -4.17. The molecule has 2 aromatic carbocycles. The Kier molecular flexibility index (Phi) is 5.99. The number of primary sulfonamides is 1. The largest absolute Gasteiger partial charge is 0.394 e. The quantitative estimate of drug-likeness (QED) is 0.567. The lowest BCUT2D eigenvalue weighted by atomic mass is 9.93. The van der Waals surface area contributed by atoms with E-state index in [1.165, 1.54) is 0 Å². The van der Waals surface area contributed by atoms with E-state index in [2.05, 4.69) is 0 Å². The number of aromatic nitrogens is 1. The van der Waals surface area contributed by atoms with E-state index in [0.717, 1.165) is 11.1 Å². The molecule has 1 heterocycles. The number of aliphatic hydroxyl groups excluding tert-OH is 1. The normalized spacial score (nSPS) is 13.8. The number of nitrogens with zero attached hydrogens (tertiary/aromatic N) is 1. The molecule has 0 aliphatic carbocycles. The molecule has 3 aromatic rings. The lowest BCUT2D eigenvalue weighted by Gasteiger charge is -2.30. The average molecular weight is 427 g/mol. The minimum absolute atomic E-state index is 0.0646. The van der Waals surface area contributed by atoms with Crippen LogP contribution in [0.3, 0.4) is 0 Å². The van der Waals surface area contributed by atoms with Crippen molar-refractivity contribution in [2.24, 2.45) is 12.2 Å². The van der Waals surface area contributed by atoms with Crippen LogP contribution in [0.15, 0.2) is 60.7 Å². The third-order valence-electron chi connectivity index (χ3n) is 5.62. The van der Waals surface area contributed by atoms with Crippen molar-refractivity contribution in [3.8, 4) is 0 Å². The van der Waals surface area contributed by atoms with Crippen molar-refractivity contribution in [1.29, 1.82) is 0 Å². The van der Waals surface area contributed by atoms with E-state index in [0.29, 0.717) is 22.5 Å². The van der Waals surface area contributed by atoms with Gasteiger partial charge in [-0.05, 0) is 31.0 Å². The minimum Gasteiger partial charge on any atom is -0.394 e. The van der Waals surface area contributed by atoms with Crippen LogP contribution in [0.1, 0.15) is 38.4 Å². The van der Waals surface area contributed by atoms with Gasteiger partial charge >= 0.3 is 0 Å². The van der Waals surface area contributed by atoms with Gasteiger partial charge in [-0.3, -0.25) is 4.79 Å². The Morgan fingerprint density at radius 2 is 1.67 bits per heavy atom. The average Bonchev–Trinajstić information content (AvgIpc) is 2.98. The molecule has 3 rings (SSSR count). The molecule has 0 spiro atoms. The highest BCUT2D eigenvalue weighted by Gasteiger charge is 2.44. The van der Waals surface area contributed by atoms with E-state index < -0.39 is 21.4 Å². The standard InChI is InChI=1S/C23H26N2O4S/c1-16-9-11-18(12-10-16)22(27)21-17(2)13-20(25(21)3)14-23(15-26,30(24,28)29)19-7-5-4-6-8-19/h4-13,26H,14-15H2,1-3H3,(H2,24,28,29). The summed E-state index contributed by atoms with van der Waals surface area (Å²) < 4.78 is 25.2. The summed E-state index contributed by atoms with van der Waals surface area (Å²) in [5, 5.41) is 15.8. The van der Waals surface area contributed by atoms with Gasteiger partial charge in [0.25, 0.3) is 0 Å². The third-order valence-corrected chi connectivity index (χ3v) is 7.22. The Hall–Kier alpha value is -2.74. The zero-order valence-corrected chi connectivity index (χ0v) is 18.1. The van der Waals surface area contributed by atoms with Crippen molar-refractivity contribution in [2.75, 3.05) is 6.61 Å². The Balaban J connectivity index is 2.09. The first kappa shape index (κ1) is 22.0. The second-order valence-corrected chi connectivity index (χ2v) is 9.53. The number of rotatable bonds is 7. The molecule has 0 saturated carbocycles. The Morgan fingerprint density at radius 3 is 2.20 bits per heavy atom. The molecule has 7 heteroatoms. The topological polar surface area (TPSA) is 102 Å². The maximum absolute atomic E-state index is 13.1. The number of ketones is 1. The Labute approximate surface area is 177 Å². The Bertz CT molecular complexity index is 1170. The molecule has 0 bridgehead atoms. The van der Waals surface area contributed by atoms with Crippen LogP contribution in [0.25, 0.3) is 0 Å². The van der Waals surface area contributed by atoms with Crippen molar-refractivity contribution in [1.82, 2.24) is 4.57 Å². The van der Waals surface area contributed by atoms with Crippen LogP contribution < -0.4 is 5.14 Å². The van der Waals surface area contributed by atoms with Crippen LogP contribution in [-0.2, 0) is 28.2 Å². The maximum Gasteiger partial charge on any atom is 0.221 e. The fourth-order valence-electron chi connectivity index (χ4n) is 3.80. The maximum atomic E-state index is 13.1. The van der Waals surface area contributed by atoms with Crippen molar-refractivity contribution < 1.29 is 18.3 Å². The molecule has 1 atom stereocenters. The van der Waals surface area contributed by atoms with Crippen LogP contribution in [0.4, 0.5) is 0 Å². The molecule has 0 radical (unpaired) electrons. The summed E-state index contributed by atoms with van der Waals surface area (Å²) in [6.45, 7) is 3.08. The van der Waals surface area contributed by atoms with E-state index >= 15 is 0 Å². The summed E-state index contributed by atoms with van der Waals surface area (Å²) >= 11 is 0. The van der Waals surface area contributed by atoms with E-state index in [9.17, 15) is 18.3 Å². The number of benzene rings is 2. The van der Waals surface area contributed by atoms with Gasteiger partial charge in [0.2, 0.25) is 15.8 Å². The van der Waals surface area contributed by atoms with Crippen LogP contribution in [0.5, 0.6) is 0 Å². The first-order valence-electron chi connectivity index (χ1n) is 9.56. The van der Waals surface area contributed by atoms with Gasteiger partial charge in [-0.1, -0.05) is 60.2 Å². The molecular formula is C23H26N2O4S. The van der Waals surface area contributed by atoms with Crippen LogP contribution in [0, 0.1) is 13.8 Å². The summed E-state index contributed by atoms with van der Waals surface area (Å²) in [7, 11) is -2.45. The van der Waals surface area contributed by atoms with Crippen LogP contribution in [0.2, 0.25) is 0 Å². The lowest BCUT2D eigenvalue weighted by Crippen LogP contribution is -2.46. The van der Waals surface area contributed by atoms with Gasteiger partial charge in [-0.15, -0.1) is 0 Å². The van der Waals surface area contributed by atoms with Crippen LogP contribution >= 0.6 is 0 Å². The van der Waals surface area contributed by atoms with Gasteiger partial charge in [-0.2, -0.15) is 0 Å². The van der Waals surface area contributed by atoms with Crippen LogP contribution in [-0.4, -0.2) is 30.5 Å². The monoisotopic (exact) mass is 426 g/mol. The van der Waals surface area contributed by atoms with Gasteiger partial charge in [0.15, 0.2) is 0 Å². The number of hydrogen-bond acceptors (Lipinski definition) is 4. The van der Waals surface area contributed by atoms with Gasteiger partial charge in [0.1, 0.15) is 4.75 Å². The highest BCUT2D eigenvalue weighted by atomic mass is 32.2. The molecule has 158 valence electrons. The van der Waals surface area contributed by atoms with E-state index in [1.54, 1.807) is 60.1 Å². The molecule has 0 aliphatic heterocycles. The smallest absolute Gasteiger partial charge is 0.221 e. The van der Waals surface area contributed by atoms with Gasteiger partial charge in [0, 0.05) is 24.7 Å². The molecule has 0 amide bonds. The van der Waals surface area contributed by atoms with Crippen molar-refractivity contribution in [3.05, 3.63) is 94.3 Å². The van der Waals surface area contributed by atoms with Gasteiger partial charge < -0.3 is 9.67 Å². The highest BCUT2D eigenvalue weighted by Crippen LogP contribution is 2.34. The molecule has 30 heavy (non-hydrogen) atoms. The SMILES string of the molecule is Cc1ccc(C(=O)c2c(C)cc(CC(CO)(c3ccccc3)S(N)(=O)=O)n2C)cc1. The van der Waals surface area contributed by atoms with Gasteiger partial charge in [-0.25, -0.2) is 13.6 Å². The number of aryl methyl sites for hydroxylation is 2. The molecular weight excluding hydrogens is 400 g/mol. The molecule has 0 fully saturated rings. The predicted octanol–water partition coefficient (Wildman–Crippen LogP) is 2.59. The van der Waals surface area contributed by atoms with E-state index in [-0.39, 0.29) is 12.2 Å². The van der Waals surface area contributed by atoms with E-state index in [4.69, 9.17) is 5.14 Å². The molecule has 1 aromatic heterocycles. The molecule has 3 N–H and O–H groups in total. The van der Waals surface area contributed by atoms with Crippen molar-refractivity contribution >= 4 is 15.8 Å². The molecule has 1 unspecified atom stereocenters. The fourth-order valence-corrected chi connectivity index (χ4v) is 4.80. The summed E-state index contributed by atoms with van der Waals surface area (Å²) in [6, 6.07) is 17.5. The van der Waals surface area contributed by atoms with E-state index in [1.807, 2.05) is 26.0 Å². The van der Waals surface area contributed by atoms with Gasteiger partial charge in [0.05, 0.1) is 12.3 Å². The van der Waals surface area contributed by atoms with Crippen molar-refractivity contribution in [2.45, 2.75) is 25.0 Å². The zero-order chi connectivity index (χ0) is 22.1. The molecule has 0 aliphatic rings. The Morgan fingerprint density at radius 1 is 1.07 bits per heavy atom. The molecule has 6 nitrogen and oxygen atoms in total. The second-order valence-electron chi connectivity index (χ2n) is 7.66. The predicted molar refractivity (Wildman–Crippen MR) is 117 cm³/mol. The number of nitrogens with two attached hydrogens (primary N) is 1. The number of aliphatic hydroxyl groups is 1. The summed E-state index contributed by atoms with van der Waals surface area (Å²) in [6.07, 6.45) is -0.0646. The van der Waals surface area contributed by atoms with Crippen molar-refractivity contribution in [3.63, 3.8) is 0 Å². The number of carbonyl (C=O) groups excluding carboxylic acids is 1. The summed E-state index contributed by atoms with van der Waals surface area (Å²) in [5.74, 6) is -0.147. The highest BCUT2D eigenvalue weighted by molar-refractivity contribution is 7.90. The zero-order valence-electron chi connectivity index (χ0n) is 17.3. The second kappa shape index (κ2) is 8.18. The number of hydrogen-bond donors (Lipinski definition) is 2. The number of sulfonamides is 1. The first-order chi connectivity index (χ1) is 14.1. The third kappa shape index (κ3) is 3.84. The fraction of sp³-hybridized carbons (Fsp3) is 0.261. The lowest BCUT2D eigenvalue weighted by molar-refractivity contribution is 0.103. The molecule has 0 saturated heterocycles. The summed E-state index contributed by atoms with van der Waals surface area (Å²) in [5.41, 5.74) is 3.81.